The smallest absolute Gasteiger partial charge is 0.267 e. The highest BCUT2D eigenvalue weighted by atomic mass is 16.6. The van der Waals surface area contributed by atoms with Gasteiger partial charge in [-0.05, 0) is 25.0 Å². The summed E-state index contributed by atoms with van der Waals surface area (Å²) in [5.41, 5.74) is 0.140. The minimum absolute atomic E-state index is 0.127. The first-order valence-corrected chi connectivity index (χ1v) is 8.79. The highest BCUT2D eigenvalue weighted by Gasteiger charge is 2.34. The zero-order chi connectivity index (χ0) is 18.6. The molecule has 0 spiro atoms. The van der Waals surface area contributed by atoms with E-state index >= 15 is 0 Å². The van der Waals surface area contributed by atoms with Crippen molar-refractivity contribution in [3.8, 4) is 23.4 Å². The molecule has 1 aromatic carbocycles. The van der Waals surface area contributed by atoms with Gasteiger partial charge in [0.2, 0.25) is 11.8 Å². The summed E-state index contributed by atoms with van der Waals surface area (Å²) >= 11 is 0. The van der Waals surface area contributed by atoms with Crippen LogP contribution in [0, 0.1) is 11.3 Å². The van der Waals surface area contributed by atoms with Crippen LogP contribution in [-0.2, 0) is 4.79 Å². The Morgan fingerprint density at radius 3 is 2.93 bits per heavy atom. The molecule has 0 saturated carbocycles. The highest BCUT2D eigenvalue weighted by molar-refractivity contribution is 5.82. The van der Waals surface area contributed by atoms with Crippen LogP contribution in [0.2, 0.25) is 0 Å². The number of carbonyl (C=O) groups excluding carboxylic acids is 1. The van der Waals surface area contributed by atoms with E-state index < -0.39 is 6.10 Å². The summed E-state index contributed by atoms with van der Waals surface area (Å²) in [7, 11) is 0. The molecule has 8 nitrogen and oxygen atoms in total. The lowest BCUT2D eigenvalue weighted by molar-refractivity contribution is -0.143. The number of para-hydroxylation sites is 2. The molecule has 1 amide bonds. The summed E-state index contributed by atoms with van der Waals surface area (Å²) in [6.45, 7) is 1.22. The highest BCUT2D eigenvalue weighted by Crippen LogP contribution is 2.31. The number of fused-ring (bicyclic) bond motifs is 1. The second-order valence-corrected chi connectivity index (χ2v) is 6.35. The Hall–Kier alpha value is -3.34. The molecule has 1 saturated heterocycles. The van der Waals surface area contributed by atoms with Crippen molar-refractivity contribution in [1.82, 2.24) is 14.9 Å². The van der Waals surface area contributed by atoms with Gasteiger partial charge in [-0.3, -0.25) is 4.79 Å². The average molecular weight is 366 g/mol. The van der Waals surface area contributed by atoms with E-state index in [4.69, 9.17) is 19.5 Å². The fraction of sp³-hybridized carbons (Fsp3) is 0.368. The monoisotopic (exact) mass is 366 g/mol. The van der Waals surface area contributed by atoms with Gasteiger partial charge >= 0.3 is 0 Å². The number of rotatable bonds is 3. The van der Waals surface area contributed by atoms with E-state index in [-0.39, 0.29) is 30.2 Å². The Balaban J connectivity index is 1.41. The Bertz CT molecular complexity index is 882. The molecule has 0 unspecified atom stereocenters. The third-order valence-electron chi connectivity index (χ3n) is 4.52. The number of nitriles is 1. The zero-order valence-electron chi connectivity index (χ0n) is 14.6. The Morgan fingerprint density at radius 2 is 2.07 bits per heavy atom. The molecule has 138 valence electrons. The summed E-state index contributed by atoms with van der Waals surface area (Å²) < 4.78 is 17.3. The number of carbonyl (C=O) groups is 1. The van der Waals surface area contributed by atoms with Gasteiger partial charge in [0.1, 0.15) is 18.8 Å². The number of piperidine rings is 1. The third kappa shape index (κ3) is 3.62. The molecule has 8 heteroatoms. The molecular weight excluding hydrogens is 348 g/mol. The predicted octanol–water partition coefficient (Wildman–Crippen LogP) is 1.56. The first kappa shape index (κ1) is 17.1. The van der Waals surface area contributed by atoms with E-state index in [9.17, 15) is 4.79 Å². The lowest BCUT2D eigenvalue weighted by Crippen LogP contribution is -2.51. The van der Waals surface area contributed by atoms with Crippen molar-refractivity contribution < 1.29 is 19.0 Å². The predicted molar refractivity (Wildman–Crippen MR) is 93.3 cm³/mol. The second kappa shape index (κ2) is 7.50. The molecule has 3 heterocycles. The van der Waals surface area contributed by atoms with E-state index in [0.29, 0.717) is 24.6 Å². The number of hydrogen-bond acceptors (Lipinski definition) is 7. The summed E-state index contributed by atoms with van der Waals surface area (Å²) in [5, 5.41) is 9.11. The van der Waals surface area contributed by atoms with Crippen molar-refractivity contribution in [2.75, 3.05) is 19.7 Å². The number of ether oxygens (including phenoxy) is 3. The first-order valence-electron chi connectivity index (χ1n) is 8.79. The van der Waals surface area contributed by atoms with Crippen molar-refractivity contribution in [1.29, 1.82) is 5.26 Å². The van der Waals surface area contributed by atoms with Crippen LogP contribution in [0.15, 0.2) is 36.7 Å². The SMILES string of the molecule is N#Cc1nccnc1O[C@H]1CCCN(C(=O)[C@H]2COc3ccccc3O2)C1. The lowest BCUT2D eigenvalue weighted by atomic mass is 10.1. The number of aromatic nitrogens is 2. The maximum atomic E-state index is 12.9. The molecule has 4 rings (SSSR count). The number of likely N-dealkylation sites (tertiary alicyclic amines) is 1. The van der Waals surface area contributed by atoms with Crippen LogP contribution < -0.4 is 14.2 Å². The van der Waals surface area contributed by atoms with Gasteiger partial charge < -0.3 is 19.1 Å². The molecule has 1 fully saturated rings. The molecular formula is C19H18N4O4. The molecule has 0 aliphatic carbocycles. The molecule has 0 N–H and O–H groups in total. The van der Waals surface area contributed by atoms with E-state index in [0.717, 1.165) is 12.8 Å². The molecule has 2 atom stereocenters. The van der Waals surface area contributed by atoms with E-state index in [1.165, 1.54) is 12.4 Å². The van der Waals surface area contributed by atoms with Gasteiger partial charge in [0.15, 0.2) is 11.5 Å². The summed E-state index contributed by atoms with van der Waals surface area (Å²) in [6, 6.07) is 9.27. The Kier molecular flexibility index (Phi) is 4.75. The van der Waals surface area contributed by atoms with E-state index in [2.05, 4.69) is 9.97 Å². The van der Waals surface area contributed by atoms with Crippen molar-refractivity contribution in [2.45, 2.75) is 25.0 Å². The van der Waals surface area contributed by atoms with E-state index in [1.54, 1.807) is 11.0 Å². The summed E-state index contributed by atoms with van der Waals surface area (Å²) in [6.07, 6.45) is 3.57. The van der Waals surface area contributed by atoms with Gasteiger partial charge in [0.25, 0.3) is 11.8 Å². The second-order valence-electron chi connectivity index (χ2n) is 6.35. The average Bonchev–Trinajstić information content (AvgIpc) is 2.73. The fourth-order valence-corrected chi connectivity index (χ4v) is 3.23. The van der Waals surface area contributed by atoms with Gasteiger partial charge in [-0.1, -0.05) is 12.1 Å². The van der Waals surface area contributed by atoms with E-state index in [1.807, 2.05) is 24.3 Å². The molecule has 2 aliphatic rings. The van der Waals surface area contributed by atoms with Crippen molar-refractivity contribution in [3.63, 3.8) is 0 Å². The van der Waals surface area contributed by atoms with Crippen LogP contribution in [0.1, 0.15) is 18.5 Å². The molecule has 2 aromatic rings. The molecule has 0 radical (unpaired) electrons. The van der Waals surface area contributed by atoms with Crippen molar-refractivity contribution in [2.24, 2.45) is 0 Å². The number of nitrogens with zero attached hydrogens (tertiary/aromatic N) is 4. The minimum Gasteiger partial charge on any atom is -0.485 e. The number of amides is 1. The molecule has 0 bridgehead atoms. The lowest BCUT2D eigenvalue weighted by Gasteiger charge is -2.35. The standard InChI is InChI=1S/C19H18N4O4/c20-10-14-18(22-8-7-21-14)26-13-4-3-9-23(11-13)19(24)17-12-25-15-5-1-2-6-16(15)27-17/h1-2,5-8,13,17H,3-4,9,11-12H2/t13-,17+/m0/s1. The van der Waals surface area contributed by atoms with Crippen LogP contribution in [0.3, 0.4) is 0 Å². The van der Waals surface area contributed by atoms with Crippen LogP contribution in [0.5, 0.6) is 17.4 Å². The maximum Gasteiger partial charge on any atom is 0.267 e. The first-order chi connectivity index (χ1) is 13.2. The largest absolute Gasteiger partial charge is 0.485 e. The van der Waals surface area contributed by atoms with Crippen LogP contribution in [-0.4, -0.2) is 52.7 Å². The van der Waals surface area contributed by atoms with Crippen LogP contribution in [0.25, 0.3) is 0 Å². The number of benzene rings is 1. The van der Waals surface area contributed by atoms with Gasteiger partial charge in [-0.2, -0.15) is 5.26 Å². The summed E-state index contributed by atoms with van der Waals surface area (Å²) in [4.78, 5) is 22.6. The van der Waals surface area contributed by atoms with Crippen LogP contribution in [0.4, 0.5) is 0 Å². The Morgan fingerprint density at radius 1 is 1.26 bits per heavy atom. The quantitative estimate of drug-likeness (QED) is 0.813. The normalized spacial score (nSPS) is 21.2. The number of hydrogen-bond donors (Lipinski definition) is 0. The van der Waals surface area contributed by atoms with Gasteiger partial charge in [-0.15, -0.1) is 0 Å². The Labute approximate surface area is 156 Å². The zero-order valence-corrected chi connectivity index (χ0v) is 14.6. The molecule has 1 aromatic heterocycles. The third-order valence-corrected chi connectivity index (χ3v) is 4.52. The van der Waals surface area contributed by atoms with Crippen LogP contribution >= 0.6 is 0 Å². The van der Waals surface area contributed by atoms with Crippen molar-refractivity contribution >= 4 is 5.91 Å². The molecule has 27 heavy (non-hydrogen) atoms. The molecule has 2 aliphatic heterocycles. The van der Waals surface area contributed by atoms with Gasteiger partial charge in [-0.25, -0.2) is 9.97 Å². The maximum absolute atomic E-state index is 12.9. The van der Waals surface area contributed by atoms with Gasteiger partial charge in [0, 0.05) is 18.9 Å². The van der Waals surface area contributed by atoms with Crippen molar-refractivity contribution in [3.05, 3.63) is 42.4 Å². The minimum atomic E-state index is -0.676. The van der Waals surface area contributed by atoms with Gasteiger partial charge in [0.05, 0.1) is 6.54 Å². The summed E-state index contributed by atoms with van der Waals surface area (Å²) in [5.74, 6) is 1.29. The topological polar surface area (TPSA) is 97.6 Å². The fourth-order valence-electron chi connectivity index (χ4n) is 3.23.